The Morgan fingerprint density at radius 3 is 2.21 bits per heavy atom. The molecule has 1 spiro atoms. The molecule has 8 heteroatoms. The van der Waals surface area contributed by atoms with Crippen molar-refractivity contribution < 1.29 is 23.9 Å². The van der Waals surface area contributed by atoms with Gasteiger partial charge in [-0.3, -0.25) is 19.2 Å². The van der Waals surface area contributed by atoms with E-state index in [2.05, 4.69) is 0 Å². The highest BCUT2D eigenvalue weighted by atomic mass is 35.5. The molecule has 38 heavy (non-hydrogen) atoms. The number of rotatable bonds is 3. The molecule has 0 aromatic heterocycles. The Bertz CT molecular complexity index is 1570. The fraction of sp³-hybridized carbons (Fsp3) is 0.200. The molecule has 1 aliphatic carbocycles. The van der Waals surface area contributed by atoms with E-state index in [1.54, 1.807) is 71.6 Å². The van der Waals surface area contributed by atoms with Crippen LogP contribution >= 0.6 is 23.2 Å². The van der Waals surface area contributed by atoms with Crippen molar-refractivity contribution in [1.29, 1.82) is 0 Å². The van der Waals surface area contributed by atoms with E-state index < -0.39 is 29.4 Å². The van der Waals surface area contributed by atoms with Crippen LogP contribution in [-0.4, -0.2) is 35.4 Å². The van der Waals surface area contributed by atoms with Gasteiger partial charge in [0.2, 0.25) is 0 Å². The third kappa shape index (κ3) is 3.20. The first-order valence-electron chi connectivity index (χ1n) is 12.1. The lowest BCUT2D eigenvalue weighted by Crippen LogP contribution is -2.48. The highest BCUT2D eigenvalue weighted by Gasteiger charge is 2.71. The quantitative estimate of drug-likeness (QED) is 0.230. The number of carbonyl (C=O) groups excluding carboxylic acids is 4. The average Bonchev–Trinajstić information content (AvgIpc) is 3.30. The molecular formula is C30H21Cl2NO5. The molecule has 0 unspecified atom stereocenters. The molecule has 2 aliphatic heterocycles. The van der Waals surface area contributed by atoms with Gasteiger partial charge >= 0.3 is 5.97 Å². The number of esters is 1. The van der Waals surface area contributed by atoms with Crippen LogP contribution in [-0.2, 0) is 9.59 Å². The van der Waals surface area contributed by atoms with Crippen LogP contribution < -0.4 is 9.64 Å². The van der Waals surface area contributed by atoms with Crippen molar-refractivity contribution in [3.63, 3.8) is 0 Å². The van der Waals surface area contributed by atoms with Gasteiger partial charge in [0.1, 0.15) is 5.41 Å². The van der Waals surface area contributed by atoms with Gasteiger partial charge in [-0.25, -0.2) is 0 Å². The molecule has 3 atom stereocenters. The second-order valence-electron chi connectivity index (χ2n) is 9.77. The van der Waals surface area contributed by atoms with Crippen LogP contribution in [0.2, 0.25) is 10.0 Å². The third-order valence-corrected chi connectivity index (χ3v) is 8.32. The summed E-state index contributed by atoms with van der Waals surface area (Å²) in [5.41, 5.74) is 0.571. The second kappa shape index (κ2) is 8.65. The monoisotopic (exact) mass is 545 g/mol. The zero-order valence-corrected chi connectivity index (χ0v) is 21.9. The summed E-state index contributed by atoms with van der Waals surface area (Å²) in [6.45, 7) is 2.72. The number of carbonyl (C=O) groups is 4. The van der Waals surface area contributed by atoms with Crippen LogP contribution in [0.4, 0.5) is 5.69 Å². The number of anilines is 1. The molecule has 3 aliphatic rings. The lowest BCUT2D eigenvalue weighted by Gasteiger charge is -2.37. The van der Waals surface area contributed by atoms with Crippen LogP contribution in [0.15, 0.2) is 66.7 Å². The first-order valence-corrected chi connectivity index (χ1v) is 12.9. The van der Waals surface area contributed by atoms with Gasteiger partial charge in [0.05, 0.1) is 17.8 Å². The number of Topliss-reactive ketones (excluding diaryl/α,β-unsaturated/α-hetero) is 3. The number of para-hydroxylation sites is 1. The minimum absolute atomic E-state index is 0.240. The minimum atomic E-state index is -1.69. The summed E-state index contributed by atoms with van der Waals surface area (Å²) in [5.74, 6) is -2.24. The predicted octanol–water partition coefficient (Wildman–Crippen LogP) is 5.94. The summed E-state index contributed by atoms with van der Waals surface area (Å²) >= 11 is 12.9. The van der Waals surface area contributed by atoms with Gasteiger partial charge in [-0.2, -0.15) is 0 Å². The van der Waals surface area contributed by atoms with Crippen LogP contribution in [0.1, 0.15) is 51.6 Å². The van der Waals surface area contributed by atoms with E-state index in [1.165, 1.54) is 13.8 Å². The van der Waals surface area contributed by atoms with E-state index in [0.717, 1.165) is 0 Å². The molecular weight excluding hydrogens is 525 g/mol. The van der Waals surface area contributed by atoms with Crippen molar-refractivity contribution in [1.82, 2.24) is 0 Å². The molecule has 1 fully saturated rings. The summed E-state index contributed by atoms with van der Waals surface area (Å²) in [6, 6.07) is 15.0. The lowest BCUT2D eigenvalue weighted by molar-refractivity contribution is -0.131. The number of benzene rings is 3. The molecule has 1 saturated heterocycles. The van der Waals surface area contributed by atoms with E-state index in [0.29, 0.717) is 33.0 Å². The van der Waals surface area contributed by atoms with E-state index >= 15 is 0 Å². The van der Waals surface area contributed by atoms with Crippen molar-refractivity contribution in [3.8, 4) is 5.75 Å². The van der Waals surface area contributed by atoms with Crippen molar-refractivity contribution >= 4 is 58.3 Å². The highest BCUT2D eigenvalue weighted by Crippen LogP contribution is 2.62. The van der Waals surface area contributed by atoms with Crippen molar-refractivity contribution in [2.24, 2.45) is 5.41 Å². The Hall–Kier alpha value is -3.74. The van der Waals surface area contributed by atoms with Crippen LogP contribution in [0, 0.1) is 5.41 Å². The van der Waals surface area contributed by atoms with E-state index in [9.17, 15) is 19.2 Å². The molecule has 190 valence electrons. The molecule has 0 saturated carbocycles. The number of fused-ring (bicyclic) bond motifs is 5. The van der Waals surface area contributed by atoms with Crippen molar-refractivity contribution in [2.75, 3.05) is 4.90 Å². The zero-order chi connectivity index (χ0) is 26.9. The summed E-state index contributed by atoms with van der Waals surface area (Å²) in [4.78, 5) is 56.2. The molecule has 6 rings (SSSR count). The predicted molar refractivity (Wildman–Crippen MR) is 144 cm³/mol. The maximum atomic E-state index is 14.4. The van der Waals surface area contributed by atoms with Crippen LogP contribution in [0.3, 0.4) is 0 Å². The Labute approximate surface area is 228 Å². The zero-order valence-electron chi connectivity index (χ0n) is 20.4. The fourth-order valence-corrected chi connectivity index (χ4v) is 7.00. The third-order valence-electron chi connectivity index (χ3n) is 7.75. The maximum absolute atomic E-state index is 14.4. The minimum Gasteiger partial charge on any atom is -0.424 e. The smallest absolute Gasteiger partial charge is 0.308 e. The molecule has 3 aromatic rings. The Balaban J connectivity index is 1.70. The van der Waals surface area contributed by atoms with E-state index in [4.69, 9.17) is 27.9 Å². The van der Waals surface area contributed by atoms with Crippen molar-refractivity contribution in [3.05, 3.63) is 99.0 Å². The molecule has 0 bridgehead atoms. The molecule has 2 heterocycles. The second-order valence-corrected chi connectivity index (χ2v) is 10.6. The van der Waals surface area contributed by atoms with Gasteiger partial charge in [-0.05, 0) is 30.7 Å². The fourth-order valence-electron chi connectivity index (χ4n) is 6.47. The number of ketones is 3. The average molecular weight is 546 g/mol. The summed E-state index contributed by atoms with van der Waals surface area (Å²) in [6.07, 6.45) is 3.60. The molecule has 0 N–H and O–H groups in total. The highest BCUT2D eigenvalue weighted by molar-refractivity contribution is 6.36. The molecule has 6 nitrogen and oxygen atoms in total. The topological polar surface area (TPSA) is 80.8 Å². The Kier molecular flexibility index (Phi) is 5.60. The summed E-state index contributed by atoms with van der Waals surface area (Å²) in [7, 11) is 0. The number of ether oxygens (including phenoxy) is 1. The van der Waals surface area contributed by atoms with E-state index in [1.807, 2.05) is 6.07 Å². The van der Waals surface area contributed by atoms with Gasteiger partial charge in [0, 0.05) is 39.6 Å². The van der Waals surface area contributed by atoms with Gasteiger partial charge in [-0.1, -0.05) is 77.8 Å². The molecule has 0 amide bonds. The van der Waals surface area contributed by atoms with Crippen LogP contribution in [0.5, 0.6) is 5.75 Å². The molecule has 0 radical (unpaired) electrons. The molecule has 3 aromatic carbocycles. The number of hydrogen-bond acceptors (Lipinski definition) is 6. The van der Waals surface area contributed by atoms with Crippen LogP contribution in [0.25, 0.3) is 6.08 Å². The van der Waals surface area contributed by atoms with Gasteiger partial charge in [0.25, 0.3) is 0 Å². The van der Waals surface area contributed by atoms with E-state index in [-0.39, 0.29) is 28.1 Å². The summed E-state index contributed by atoms with van der Waals surface area (Å²) < 4.78 is 5.56. The Morgan fingerprint density at radius 1 is 0.921 bits per heavy atom. The first-order chi connectivity index (χ1) is 18.2. The summed E-state index contributed by atoms with van der Waals surface area (Å²) in [5, 5.41) is 0.639. The maximum Gasteiger partial charge on any atom is 0.308 e. The normalized spacial score (nSPS) is 22.3. The Morgan fingerprint density at radius 2 is 1.61 bits per heavy atom. The van der Waals surface area contributed by atoms with Gasteiger partial charge < -0.3 is 9.64 Å². The van der Waals surface area contributed by atoms with Gasteiger partial charge in [0.15, 0.2) is 23.1 Å². The largest absolute Gasteiger partial charge is 0.424 e. The number of nitrogens with zero attached hydrogens (tertiary/aromatic N) is 1. The standard InChI is InChI=1S/C30H21Cl2NO5/c1-15(34)26-25(21-12-11-18(31)14-22(21)32)30(28(36)19-7-3-4-8-20(19)29(30)37)24-13-10-17-6-5-9-23(38-16(2)35)27(17)33(24)26/h3-14,24-26H,1-2H3/t24-,25-,26+/m0/s1. The lowest BCUT2D eigenvalue weighted by atomic mass is 9.64. The van der Waals surface area contributed by atoms with Gasteiger partial charge in [-0.15, -0.1) is 0 Å². The SMILES string of the molecule is CC(=O)Oc1cccc2c1N1[C@H](C(C)=O)[C@H](c3ccc(Cl)cc3Cl)C3(C(=O)c4ccccc4C3=O)[C@@H]1C=C2. The number of halogens is 2. The number of hydrogen-bond donors (Lipinski definition) is 0. The van der Waals surface area contributed by atoms with Crippen molar-refractivity contribution in [2.45, 2.75) is 31.8 Å². The first kappa shape index (κ1) is 24.6.